The van der Waals surface area contributed by atoms with Crippen LogP contribution in [-0.2, 0) is 9.53 Å². The van der Waals surface area contributed by atoms with Gasteiger partial charge in [0.05, 0.1) is 25.2 Å². The second kappa shape index (κ2) is 6.89. The van der Waals surface area contributed by atoms with Crippen molar-refractivity contribution in [2.75, 3.05) is 13.2 Å². The molecule has 19 heavy (non-hydrogen) atoms. The Kier molecular flexibility index (Phi) is 5.79. The van der Waals surface area contributed by atoms with Crippen molar-refractivity contribution in [1.29, 1.82) is 0 Å². The summed E-state index contributed by atoms with van der Waals surface area (Å²) in [6.45, 7) is 4.84. The van der Waals surface area contributed by atoms with E-state index in [9.17, 15) is 4.79 Å². The highest BCUT2D eigenvalue weighted by atomic mass is 35.5. The van der Waals surface area contributed by atoms with Crippen molar-refractivity contribution in [3.05, 3.63) is 35.9 Å². The molecule has 0 saturated carbocycles. The van der Waals surface area contributed by atoms with Crippen LogP contribution in [0.4, 0.5) is 0 Å². The van der Waals surface area contributed by atoms with Gasteiger partial charge in [-0.2, -0.15) is 0 Å². The molecule has 5 heteroatoms. The Labute approximate surface area is 120 Å². The van der Waals surface area contributed by atoms with E-state index < -0.39 is 6.04 Å². The molecule has 1 aromatic rings. The monoisotopic (exact) mass is 284 g/mol. The van der Waals surface area contributed by atoms with Crippen LogP contribution in [0.3, 0.4) is 0 Å². The summed E-state index contributed by atoms with van der Waals surface area (Å²) in [5.74, 6) is -0.00766. The first-order valence-corrected chi connectivity index (χ1v) is 6.32. The van der Waals surface area contributed by atoms with Gasteiger partial charge in [-0.05, 0) is 19.4 Å². The summed E-state index contributed by atoms with van der Waals surface area (Å²) in [6, 6.07) is 9.61. The second-order valence-corrected chi connectivity index (χ2v) is 4.86. The molecule has 1 heterocycles. The Morgan fingerprint density at radius 1 is 1.42 bits per heavy atom. The Morgan fingerprint density at radius 2 is 2.05 bits per heavy atom. The molecule has 0 aromatic heterocycles. The fraction of sp³-hybridized carbons (Fsp3) is 0.500. The first-order chi connectivity index (χ1) is 8.59. The summed E-state index contributed by atoms with van der Waals surface area (Å²) >= 11 is 0. The number of hydrogen-bond acceptors (Lipinski definition) is 3. The van der Waals surface area contributed by atoms with E-state index in [2.05, 4.69) is 0 Å². The van der Waals surface area contributed by atoms with Crippen molar-refractivity contribution >= 4 is 18.3 Å². The fourth-order valence-electron chi connectivity index (χ4n) is 2.19. The molecule has 2 unspecified atom stereocenters. The molecule has 0 spiro atoms. The molecular formula is C14H21ClN2O2. The zero-order valence-corrected chi connectivity index (χ0v) is 12.1. The van der Waals surface area contributed by atoms with Crippen LogP contribution >= 0.6 is 12.4 Å². The van der Waals surface area contributed by atoms with E-state index in [0.717, 1.165) is 5.56 Å². The van der Waals surface area contributed by atoms with Gasteiger partial charge in [0.25, 0.3) is 0 Å². The van der Waals surface area contributed by atoms with E-state index in [0.29, 0.717) is 13.2 Å². The number of nitrogens with two attached hydrogens (primary N) is 1. The molecule has 1 amide bonds. The van der Waals surface area contributed by atoms with E-state index in [1.807, 2.05) is 42.2 Å². The number of nitrogens with zero attached hydrogens (tertiary/aromatic N) is 1. The normalized spacial score (nSPS) is 24.5. The summed E-state index contributed by atoms with van der Waals surface area (Å²) in [4.78, 5) is 13.9. The minimum Gasteiger partial charge on any atom is -0.370 e. The summed E-state index contributed by atoms with van der Waals surface area (Å²) in [7, 11) is 0. The van der Waals surface area contributed by atoms with Crippen molar-refractivity contribution in [2.24, 2.45) is 5.73 Å². The maximum Gasteiger partial charge on any atom is 0.239 e. The van der Waals surface area contributed by atoms with Crippen LogP contribution in [0.5, 0.6) is 0 Å². The standard InChI is InChI=1S/C14H20N2O2.ClH/c1-10-9-18-13(12-6-4-3-5-7-12)8-16(10)14(17)11(2)15;/h3-7,10-11,13H,8-9,15H2,1-2H3;1H/t10?,11-,13?;/m0./s1. The van der Waals surface area contributed by atoms with Crippen molar-refractivity contribution in [2.45, 2.75) is 32.0 Å². The molecule has 4 nitrogen and oxygen atoms in total. The number of benzene rings is 1. The van der Waals surface area contributed by atoms with Crippen molar-refractivity contribution in [3.63, 3.8) is 0 Å². The SMILES string of the molecule is CC1COC(c2ccccc2)CN1C(=O)[C@H](C)N.Cl. The molecular weight excluding hydrogens is 264 g/mol. The third kappa shape index (κ3) is 3.69. The van der Waals surface area contributed by atoms with Gasteiger partial charge in [0, 0.05) is 0 Å². The lowest BCUT2D eigenvalue weighted by Gasteiger charge is -2.39. The average molecular weight is 285 g/mol. The minimum absolute atomic E-state index is 0. The van der Waals surface area contributed by atoms with Gasteiger partial charge >= 0.3 is 0 Å². The maximum absolute atomic E-state index is 12.0. The lowest BCUT2D eigenvalue weighted by atomic mass is 10.1. The molecule has 2 rings (SSSR count). The number of rotatable bonds is 2. The molecule has 1 aliphatic rings. The van der Waals surface area contributed by atoms with Crippen LogP contribution in [0.2, 0.25) is 0 Å². The van der Waals surface area contributed by atoms with Crippen LogP contribution in [0.15, 0.2) is 30.3 Å². The predicted octanol–water partition coefficient (Wildman–Crippen LogP) is 1.74. The van der Waals surface area contributed by atoms with Gasteiger partial charge < -0.3 is 15.4 Å². The first kappa shape index (κ1) is 16.0. The molecule has 0 radical (unpaired) electrons. The second-order valence-electron chi connectivity index (χ2n) is 4.86. The lowest BCUT2D eigenvalue weighted by molar-refractivity contribution is -0.145. The van der Waals surface area contributed by atoms with Gasteiger partial charge in [-0.15, -0.1) is 12.4 Å². The van der Waals surface area contributed by atoms with E-state index in [4.69, 9.17) is 10.5 Å². The molecule has 1 aromatic carbocycles. The summed E-state index contributed by atoms with van der Waals surface area (Å²) < 4.78 is 5.80. The van der Waals surface area contributed by atoms with Crippen LogP contribution in [0, 0.1) is 0 Å². The summed E-state index contributed by atoms with van der Waals surface area (Å²) in [5.41, 5.74) is 6.78. The van der Waals surface area contributed by atoms with Gasteiger partial charge in [0.1, 0.15) is 6.10 Å². The molecule has 106 valence electrons. The first-order valence-electron chi connectivity index (χ1n) is 6.32. The number of amides is 1. The van der Waals surface area contributed by atoms with E-state index in [1.165, 1.54) is 0 Å². The van der Waals surface area contributed by atoms with Crippen molar-refractivity contribution in [1.82, 2.24) is 4.90 Å². The highest BCUT2D eigenvalue weighted by molar-refractivity contribution is 5.85. The summed E-state index contributed by atoms with van der Waals surface area (Å²) in [6.07, 6.45) is -0.0508. The number of ether oxygens (including phenoxy) is 1. The highest BCUT2D eigenvalue weighted by Gasteiger charge is 2.31. The fourth-order valence-corrected chi connectivity index (χ4v) is 2.19. The van der Waals surface area contributed by atoms with Crippen molar-refractivity contribution in [3.8, 4) is 0 Å². The number of carbonyl (C=O) groups excluding carboxylic acids is 1. The van der Waals surface area contributed by atoms with Gasteiger partial charge in [-0.3, -0.25) is 4.79 Å². The summed E-state index contributed by atoms with van der Waals surface area (Å²) in [5, 5.41) is 0. The average Bonchev–Trinajstić information content (AvgIpc) is 2.39. The van der Waals surface area contributed by atoms with E-state index in [-0.39, 0.29) is 30.5 Å². The number of carbonyl (C=O) groups is 1. The predicted molar refractivity (Wildman–Crippen MR) is 77.2 cm³/mol. The molecule has 1 aliphatic heterocycles. The lowest BCUT2D eigenvalue weighted by Crippen LogP contribution is -2.52. The molecule has 3 atom stereocenters. The van der Waals surface area contributed by atoms with Crippen molar-refractivity contribution < 1.29 is 9.53 Å². The molecule has 1 saturated heterocycles. The molecule has 2 N–H and O–H groups in total. The smallest absolute Gasteiger partial charge is 0.239 e. The Bertz CT molecular complexity index is 411. The zero-order chi connectivity index (χ0) is 13.1. The topological polar surface area (TPSA) is 55.6 Å². The maximum atomic E-state index is 12.0. The van der Waals surface area contributed by atoms with E-state index >= 15 is 0 Å². The Morgan fingerprint density at radius 3 is 2.63 bits per heavy atom. The van der Waals surface area contributed by atoms with Crippen LogP contribution in [0.25, 0.3) is 0 Å². The third-order valence-electron chi connectivity index (χ3n) is 3.28. The highest BCUT2D eigenvalue weighted by Crippen LogP contribution is 2.24. The van der Waals surface area contributed by atoms with Crippen LogP contribution in [0.1, 0.15) is 25.5 Å². The molecule has 1 fully saturated rings. The van der Waals surface area contributed by atoms with E-state index in [1.54, 1.807) is 6.92 Å². The quantitative estimate of drug-likeness (QED) is 0.900. The Balaban J connectivity index is 0.00000180. The van der Waals surface area contributed by atoms with Gasteiger partial charge in [0.2, 0.25) is 5.91 Å². The molecule has 0 aliphatic carbocycles. The minimum atomic E-state index is -0.457. The van der Waals surface area contributed by atoms with Crippen LogP contribution in [-0.4, -0.2) is 36.0 Å². The van der Waals surface area contributed by atoms with Crippen LogP contribution < -0.4 is 5.73 Å². The Hall–Kier alpha value is -1.10. The number of halogens is 1. The van der Waals surface area contributed by atoms with Gasteiger partial charge in [-0.1, -0.05) is 30.3 Å². The largest absolute Gasteiger partial charge is 0.370 e. The number of morpholine rings is 1. The molecule has 0 bridgehead atoms. The van der Waals surface area contributed by atoms with Gasteiger partial charge in [0.15, 0.2) is 0 Å². The van der Waals surface area contributed by atoms with Gasteiger partial charge in [-0.25, -0.2) is 0 Å². The number of hydrogen-bond donors (Lipinski definition) is 1. The third-order valence-corrected chi connectivity index (χ3v) is 3.28. The zero-order valence-electron chi connectivity index (χ0n) is 11.3.